The van der Waals surface area contributed by atoms with Gasteiger partial charge in [-0.3, -0.25) is 57.5 Å². The number of Topliss-reactive ketones (excluding diaryl/α,β-unsaturated/α-hetero) is 6. The Kier molecular flexibility index (Phi) is 40.0. The summed E-state index contributed by atoms with van der Waals surface area (Å²) < 4.78 is 86.1. The van der Waals surface area contributed by atoms with Crippen LogP contribution in [0.4, 0.5) is 0 Å². The Morgan fingerprint density at radius 3 is 0.957 bits per heavy atom. The molecule has 6 amide bonds. The van der Waals surface area contributed by atoms with Gasteiger partial charge in [0, 0.05) is 118 Å². The van der Waals surface area contributed by atoms with Crippen molar-refractivity contribution in [2.45, 2.75) is 270 Å². The second kappa shape index (κ2) is 51.1. The number of amides is 6. The average molecular weight is 1940 g/mol. The smallest absolute Gasteiger partial charge is 0.274 e. The number of carbonyl (C=O) groups is 12. The van der Waals surface area contributed by atoms with Crippen molar-refractivity contribution in [1.29, 1.82) is 0 Å². The van der Waals surface area contributed by atoms with Gasteiger partial charge in [-0.1, -0.05) is 216 Å². The number of nitrogens with zero attached hydrogens (tertiary/aromatic N) is 3. The number of fused-ring (bicyclic) bond motifs is 3. The molecular weight excluding hydrogens is 1810 g/mol. The second-order valence-electron chi connectivity index (χ2n) is 38.1. The lowest BCUT2D eigenvalue weighted by atomic mass is 9.83. The molecule has 0 aliphatic heterocycles. The van der Waals surface area contributed by atoms with Crippen molar-refractivity contribution in [1.82, 2.24) is 47.4 Å². The van der Waals surface area contributed by atoms with Gasteiger partial charge >= 0.3 is 0 Å². The summed E-state index contributed by atoms with van der Waals surface area (Å²) in [5, 5.41) is 54.5. The van der Waals surface area contributed by atoms with Gasteiger partial charge in [-0.05, 0) is 172 Å². The monoisotopic (exact) mass is 1940 g/mol. The number of ketones is 6. The number of hydrogen-bond donors (Lipinski definition) is 8. The molecule has 742 valence electrons. The highest BCUT2D eigenvalue weighted by Gasteiger charge is 2.41. The highest BCUT2D eigenvalue weighted by Crippen LogP contribution is 2.34. The van der Waals surface area contributed by atoms with Crippen LogP contribution in [0.1, 0.15) is 249 Å². The average Bonchev–Trinajstić information content (AvgIpc) is 0.995. The topological polar surface area (TPSA) is 510 Å². The summed E-state index contributed by atoms with van der Waals surface area (Å²) in [5.41, 5.74) is -2.35. The van der Waals surface area contributed by atoms with Gasteiger partial charge in [0.15, 0.2) is 45.3 Å². The maximum Gasteiger partial charge on any atom is 0.274 e. The van der Waals surface area contributed by atoms with Crippen molar-refractivity contribution in [2.24, 2.45) is 53.3 Å². The summed E-state index contributed by atoms with van der Waals surface area (Å²) in [5.74, 6) is -7.07. The third-order valence-electron chi connectivity index (χ3n) is 25.6. The van der Waals surface area contributed by atoms with Gasteiger partial charge in [0.25, 0.3) is 17.7 Å². The van der Waals surface area contributed by atoms with Crippen molar-refractivity contribution in [3.63, 3.8) is 0 Å². The molecule has 9 aromatic rings. The largest absolute Gasteiger partial charge is 0.746 e. The first-order valence-electron chi connectivity index (χ1n) is 47.7. The normalized spacial score (nSPS) is 17.8. The summed E-state index contributed by atoms with van der Waals surface area (Å²) in [6.07, 6.45) is 12.4. The SMILES string of the molecule is C/C=C/[C@H](C[C@@H]1CCCCC1=O)NC(=O)[C@@H](CC(=O)[C@H](Cc1cccc2ccccc12)NC(=O)c1cc(C)on1)CC(C)C.Cc1cc(C(=O)N[C@@H](Cc2cccc3ccccc23)C(=O)C[C@@H](CC(C)C)C(=O)N[C@@H](C[C@@H]2CCCCC2=O)C(O)S(=O)(=O)[O-])no1.Cc1cc(C(=O)N[C@@H](Cc2cccc3ccccc23)C(=O)C[C@@H](CC(C)C)C(=O)N[C@@H](C[C@@H]2CCCCC2=O)C(O)S(=O)(=O)[O-])no1. The van der Waals surface area contributed by atoms with Gasteiger partial charge in [-0.25, -0.2) is 16.8 Å². The van der Waals surface area contributed by atoms with Crippen molar-refractivity contribution in [2.75, 3.05) is 0 Å². The minimum Gasteiger partial charge on any atom is -0.746 e. The Bertz CT molecular complexity index is 5770. The fraction of sp³-hybridized carbons (Fsp3) is 0.490. The minimum absolute atomic E-state index is 0.0115. The summed E-state index contributed by atoms with van der Waals surface area (Å²) in [4.78, 5) is 160. The third kappa shape index (κ3) is 32.1. The van der Waals surface area contributed by atoms with Crippen molar-refractivity contribution >= 4 is 123 Å². The van der Waals surface area contributed by atoms with E-state index in [-0.39, 0.29) is 140 Å². The molecule has 0 bridgehead atoms. The number of aryl methyl sites for hydroxylation is 3. The molecule has 0 saturated heterocycles. The molecule has 6 aromatic carbocycles. The first-order chi connectivity index (χ1) is 65.6. The number of hydrogen-bond acceptors (Lipinski definition) is 26. The number of aliphatic hydroxyl groups is 2. The number of carbonyl (C=O) groups excluding carboxylic acids is 12. The Morgan fingerprint density at radius 2 is 0.688 bits per heavy atom. The van der Waals surface area contributed by atoms with E-state index >= 15 is 0 Å². The van der Waals surface area contributed by atoms with E-state index in [1.165, 1.54) is 18.2 Å². The van der Waals surface area contributed by atoms with Crippen LogP contribution >= 0.6 is 0 Å². The van der Waals surface area contributed by atoms with Gasteiger partial charge in [-0.15, -0.1) is 0 Å². The molecule has 3 fully saturated rings. The van der Waals surface area contributed by atoms with E-state index < -0.39 is 132 Å². The highest BCUT2D eigenvalue weighted by molar-refractivity contribution is 7.86. The predicted octanol–water partition coefficient (Wildman–Crippen LogP) is 13.5. The zero-order valence-electron chi connectivity index (χ0n) is 79.9. The van der Waals surface area contributed by atoms with Gasteiger partial charge < -0.3 is 64.8 Å². The van der Waals surface area contributed by atoms with E-state index in [1.807, 2.05) is 188 Å². The number of aliphatic hydroxyl groups excluding tert-OH is 2. The van der Waals surface area contributed by atoms with E-state index in [1.54, 1.807) is 20.8 Å². The van der Waals surface area contributed by atoms with Crippen LogP contribution in [0.25, 0.3) is 32.3 Å². The van der Waals surface area contributed by atoms with Crippen LogP contribution in [0.2, 0.25) is 0 Å². The molecule has 12 rings (SSSR count). The molecule has 3 aromatic heterocycles. The highest BCUT2D eigenvalue weighted by atomic mass is 32.2. The Labute approximate surface area is 805 Å². The standard InChI is InChI=1S/C36H45N3O5.2C34H43N3O9S/c1-5-11-29(20-27-13-7-9-17-33(27)40)37-35(42)28(18-23(2)3)22-34(41)31(38-36(43)32-19-24(4)44-39-32)21-26-15-10-14-25-12-6-8-16-30(25)26;2*1-20(2)15-25(32(40)36-29(34(42)47(43,44)45)18-24-10-5-7-14-30(24)38)19-31(39)27(35-33(41)28-16-21(3)46-37-28)17-23-12-8-11-22-9-4-6-13-26(22)23/h5-6,8,10-12,14-16,19,23,27-29,31H,7,9,13,17-18,20-22H2,1-4H3,(H,37,42)(H,38,43);2*4,6,8-9,11-13,16,20,24-25,27,29,34,42H,5,7,10,14-15,17-19H2,1-3H3,(H,35,41)(H,36,40)(H,43,44,45)/p-2/b11-5+;;/t27-,28+,29+,31-;2*24-,25+,27-,29-,34?/m000/s1. The zero-order valence-corrected chi connectivity index (χ0v) is 81.6. The molecule has 3 aliphatic rings. The molecule has 0 radical (unpaired) electrons. The van der Waals surface area contributed by atoms with E-state index in [0.717, 1.165) is 81.1 Å². The number of aromatic nitrogens is 3. The van der Waals surface area contributed by atoms with Gasteiger partial charge in [0.05, 0.1) is 30.2 Å². The van der Waals surface area contributed by atoms with Crippen LogP contribution in [-0.4, -0.2) is 169 Å². The van der Waals surface area contributed by atoms with Crippen LogP contribution in [0.5, 0.6) is 0 Å². The van der Waals surface area contributed by atoms with E-state index in [4.69, 9.17) is 13.6 Å². The van der Waals surface area contributed by atoms with Gasteiger partial charge in [0.2, 0.25) is 17.7 Å². The molecule has 34 heteroatoms. The van der Waals surface area contributed by atoms with E-state index in [9.17, 15) is 93.7 Å². The first kappa shape index (κ1) is 108. The Balaban J connectivity index is 0.000000214. The third-order valence-corrected chi connectivity index (χ3v) is 27.5. The molecule has 14 atom stereocenters. The number of allylic oxidation sites excluding steroid dienone is 1. The first-order valence-corrected chi connectivity index (χ1v) is 50.6. The molecule has 2 unspecified atom stereocenters. The maximum atomic E-state index is 14.0. The van der Waals surface area contributed by atoms with Crippen LogP contribution in [0.3, 0.4) is 0 Å². The Hall–Kier alpha value is -12.0. The van der Waals surface area contributed by atoms with Crippen LogP contribution in [0, 0.1) is 74.0 Å². The molecular formula is C104H129N9O23S2-2. The number of benzene rings is 6. The van der Waals surface area contributed by atoms with Crippen LogP contribution in [-0.2, 0) is 82.6 Å². The lowest BCUT2D eigenvalue weighted by Gasteiger charge is -2.32. The van der Waals surface area contributed by atoms with Crippen molar-refractivity contribution < 1.29 is 107 Å². The van der Waals surface area contributed by atoms with Gasteiger partial charge in [-0.2, -0.15) is 0 Å². The summed E-state index contributed by atoms with van der Waals surface area (Å²) >= 11 is 0. The predicted molar refractivity (Wildman–Crippen MR) is 515 cm³/mol. The number of nitrogens with one attached hydrogen (secondary N) is 6. The Morgan fingerprint density at radius 1 is 0.406 bits per heavy atom. The van der Waals surface area contributed by atoms with Crippen molar-refractivity contribution in [3.05, 3.63) is 209 Å². The van der Waals surface area contributed by atoms with Crippen LogP contribution < -0.4 is 31.9 Å². The quantitative estimate of drug-likeness (QED) is 0.0130. The fourth-order valence-electron chi connectivity index (χ4n) is 18.7. The molecule has 3 saturated carbocycles. The number of rotatable bonds is 44. The van der Waals surface area contributed by atoms with Gasteiger partial charge in [0.1, 0.15) is 54.9 Å². The molecule has 3 aliphatic carbocycles. The van der Waals surface area contributed by atoms with Crippen molar-refractivity contribution in [3.8, 4) is 0 Å². The van der Waals surface area contributed by atoms with Crippen LogP contribution in [0.15, 0.2) is 171 Å². The lowest BCUT2D eigenvalue weighted by molar-refractivity contribution is -0.132. The van der Waals surface area contributed by atoms with E-state index in [2.05, 4.69) is 47.4 Å². The summed E-state index contributed by atoms with van der Waals surface area (Å²) in [7, 11) is -10.5. The zero-order chi connectivity index (χ0) is 100. The second-order valence-corrected chi connectivity index (χ2v) is 41.1. The minimum atomic E-state index is -5.24. The molecule has 138 heavy (non-hydrogen) atoms. The molecule has 0 spiro atoms. The summed E-state index contributed by atoms with van der Waals surface area (Å²) in [6, 6.07) is 38.4. The lowest BCUT2D eigenvalue weighted by Crippen LogP contribution is -2.51. The molecule has 32 nitrogen and oxygen atoms in total. The van der Waals surface area contributed by atoms with E-state index in [0.29, 0.717) is 75.1 Å². The molecule has 8 N–H and O–H groups in total. The summed E-state index contributed by atoms with van der Waals surface area (Å²) in [6.45, 7) is 18.3. The molecule has 3 heterocycles. The fourth-order valence-corrected chi connectivity index (χ4v) is 19.8. The maximum absolute atomic E-state index is 14.0.